The van der Waals surface area contributed by atoms with Gasteiger partial charge >= 0.3 is 5.97 Å². The third kappa shape index (κ3) is 3.36. The van der Waals surface area contributed by atoms with E-state index in [1.165, 1.54) is 31.4 Å². The second kappa shape index (κ2) is 6.16. The number of hydrogen-bond acceptors (Lipinski definition) is 4. The van der Waals surface area contributed by atoms with Crippen LogP contribution in [-0.4, -0.2) is 30.0 Å². The Labute approximate surface area is 132 Å². The molecule has 1 aromatic carbocycles. The smallest absolute Gasteiger partial charge is 0.356 e. The van der Waals surface area contributed by atoms with Gasteiger partial charge in [0, 0.05) is 12.0 Å². The molecule has 3 rings (SSSR count). The van der Waals surface area contributed by atoms with Gasteiger partial charge in [0.25, 0.3) is 5.91 Å². The highest BCUT2D eigenvalue weighted by molar-refractivity contribution is 5.94. The van der Waals surface area contributed by atoms with Crippen LogP contribution >= 0.6 is 0 Å². The summed E-state index contributed by atoms with van der Waals surface area (Å²) in [5.41, 5.74) is 1.10. The maximum absolute atomic E-state index is 13.2. The molecule has 0 bridgehead atoms. The molecule has 5 nitrogen and oxygen atoms in total. The Hall–Kier alpha value is -2.76. The summed E-state index contributed by atoms with van der Waals surface area (Å²) in [4.78, 5) is 27.6. The standard InChI is InChI=1S/C17H15FN2O3/c1-23-17(22)14-7-3-6-13(19-14)16(21)20-15-9-12(15)10-4-2-5-11(18)8-10/h2-8,12,15H,9H2,1H3,(H,20,21). The number of hydrogen-bond donors (Lipinski definition) is 1. The number of ether oxygens (including phenoxy) is 1. The lowest BCUT2D eigenvalue weighted by Crippen LogP contribution is -2.28. The lowest BCUT2D eigenvalue weighted by Gasteiger charge is -2.06. The second-order valence-corrected chi connectivity index (χ2v) is 5.38. The number of esters is 1. The van der Waals surface area contributed by atoms with Gasteiger partial charge in [0.2, 0.25) is 0 Å². The van der Waals surface area contributed by atoms with Crippen molar-refractivity contribution in [2.75, 3.05) is 7.11 Å². The molecule has 2 aromatic rings. The largest absolute Gasteiger partial charge is 0.464 e. The van der Waals surface area contributed by atoms with E-state index < -0.39 is 5.97 Å². The SMILES string of the molecule is COC(=O)c1cccc(C(=O)NC2CC2c2cccc(F)c2)n1. The average molecular weight is 314 g/mol. The molecule has 1 heterocycles. The number of carbonyl (C=O) groups excluding carboxylic acids is 2. The molecule has 1 amide bonds. The van der Waals surface area contributed by atoms with Gasteiger partial charge in [-0.3, -0.25) is 4.79 Å². The maximum atomic E-state index is 13.2. The Morgan fingerprint density at radius 3 is 2.70 bits per heavy atom. The lowest BCUT2D eigenvalue weighted by molar-refractivity contribution is 0.0594. The Balaban J connectivity index is 1.66. The van der Waals surface area contributed by atoms with Crippen molar-refractivity contribution in [3.05, 3.63) is 65.2 Å². The summed E-state index contributed by atoms with van der Waals surface area (Å²) in [7, 11) is 1.25. The van der Waals surface area contributed by atoms with E-state index in [0.717, 1.165) is 12.0 Å². The number of nitrogens with zero attached hydrogens (tertiary/aromatic N) is 1. The molecule has 0 radical (unpaired) electrons. The number of amides is 1. The molecule has 0 saturated heterocycles. The molecule has 0 aliphatic heterocycles. The van der Waals surface area contributed by atoms with Crippen molar-refractivity contribution in [3.8, 4) is 0 Å². The summed E-state index contributed by atoms with van der Waals surface area (Å²) in [5.74, 6) is -1.13. The van der Waals surface area contributed by atoms with Crippen molar-refractivity contribution in [1.82, 2.24) is 10.3 Å². The molecule has 6 heteroatoms. The topological polar surface area (TPSA) is 68.3 Å². The number of carbonyl (C=O) groups is 2. The van der Waals surface area contributed by atoms with Crippen molar-refractivity contribution in [3.63, 3.8) is 0 Å². The molecule has 118 valence electrons. The lowest BCUT2D eigenvalue weighted by atomic mass is 10.1. The van der Waals surface area contributed by atoms with Crippen molar-refractivity contribution in [2.24, 2.45) is 0 Å². The Morgan fingerprint density at radius 2 is 1.96 bits per heavy atom. The highest BCUT2D eigenvalue weighted by Crippen LogP contribution is 2.40. The molecule has 1 N–H and O–H groups in total. The average Bonchev–Trinajstić information content (AvgIpc) is 3.33. The summed E-state index contributed by atoms with van der Waals surface area (Å²) in [6.45, 7) is 0. The number of nitrogens with one attached hydrogen (secondary N) is 1. The molecular formula is C17H15FN2O3. The minimum absolute atomic E-state index is 0.0483. The van der Waals surface area contributed by atoms with E-state index in [0.29, 0.717) is 0 Å². The summed E-state index contributed by atoms with van der Waals surface area (Å²) < 4.78 is 17.8. The predicted molar refractivity (Wildman–Crippen MR) is 80.6 cm³/mol. The van der Waals surface area contributed by atoms with Crippen LogP contribution in [0.4, 0.5) is 4.39 Å². The summed E-state index contributed by atoms with van der Waals surface area (Å²) in [6.07, 6.45) is 0.756. The fraction of sp³-hybridized carbons (Fsp3) is 0.235. The van der Waals surface area contributed by atoms with Crippen LogP contribution in [0.2, 0.25) is 0 Å². The zero-order valence-electron chi connectivity index (χ0n) is 12.5. The van der Waals surface area contributed by atoms with Crippen LogP contribution in [0.3, 0.4) is 0 Å². The maximum Gasteiger partial charge on any atom is 0.356 e. The molecule has 0 spiro atoms. The van der Waals surface area contributed by atoms with Gasteiger partial charge in [-0.15, -0.1) is 0 Å². The van der Waals surface area contributed by atoms with E-state index in [1.54, 1.807) is 12.1 Å². The van der Waals surface area contributed by atoms with Crippen molar-refractivity contribution < 1.29 is 18.7 Å². The van der Waals surface area contributed by atoms with Crippen molar-refractivity contribution in [1.29, 1.82) is 0 Å². The van der Waals surface area contributed by atoms with E-state index in [4.69, 9.17) is 0 Å². The quantitative estimate of drug-likeness (QED) is 0.879. The highest BCUT2D eigenvalue weighted by atomic mass is 19.1. The molecule has 1 aliphatic carbocycles. The van der Waals surface area contributed by atoms with Gasteiger partial charge in [-0.1, -0.05) is 18.2 Å². The van der Waals surface area contributed by atoms with Crippen LogP contribution in [0.1, 0.15) is 38.9 Å². The van der Waals surface area contributed by atoms with E-state index >= 15 is 0 Å². The minimum atomic E-state index is -0.594. The van der Waals surface area contributed by atoms with Crippen LogP contribution in [0, 0.1) is 5.82 Å². The third-order valence-electron chi connectivity index (χ3n) is 3.76. The zero-order valence-corrected chi connectivity index (χ0v) is 12.5. The van der Waals surface area contributed by atoms with Crippen LogP contribution in [0.15, 0.2) is 42.5 Å². The van der Waals surface area contributed by atoms with Crippen LogP contribution in [0.5, 0.6) is 0 Å². The summed E-state index contributed by atoms with van der Waals surface area (Å²) in [6, 6.07) is 10.9. The number of benzene rings is 1. The monoisotopic (exact) mass is 314 g/mol. The predicted octanol–water partition coefficient (Wildman–Crippen LogP) is 2.29. The first-order chi connectivity index (χ1) is 11.1. The minimum Gasteiger partial charge on any atom is -0.464 e. The number of aromatic nitrogens is 1. The second-order valence-electron chi connectivity index (χ2n) is 5.38. The van der Waals surface area contributed by atoms with Gasteiger partial charge in [-0.05, 0) is 36.2 Å². The normalized spacial score (nSPS) is 19.0. The molecule has 2 atom stereocenters. The number of methoxy groups -OCH3 is 1. The molecule has 1 fully saturated rings. The van der Waals surface area contributed by atoms with Gasteiger partial charge in [0.1, 0.15) is 17.2 Å². The molecule has 2 unspecified atom stereocenters. The summed E-state index contributed by atoms with van der Waals surface area (Å²) in [5, 5.41) is 2.85. The Bertz CT molecular complexity index is 763. The van der Waals surface area contributed by atoms with Crippen LogP contribution in [0.25, 0.3) is 0 Å². The molecule has 1 saturated carbocycles. The van der Waals surface area contributed by atoms with Gasteiger partial charge in [-0.25, -0.2) is 14.2 Å². The van der Waals surface area contributed by atoms with Crippen LogP contribution in [-0.2, 0) is 4.74 Å². The van der Waals surface area contributed by atoms with Gasteiger partial charge in [-0.2, -0.15) is 0 Å². The van der Waals surface area contributed by atoms with E-state index in [9.17, 15) is 14.0 Å². The highest BCUT2D eigenvalue weighted by Gasteiger charge is 2.39. The summed E-state index contributed by atoms with van der Waals surface area (Å²) >= 11 is 0. The number of halogens is 1. The van der Waals surface area contributed by atoms with Crippen molar-refractivity contribution in [2.45, 2.75) is 18.4 Å². The fourth-order valence-corrected chi connectivity index (χ4v) is 2.48. The Kier molecular flexibility index (Phi) is 4.06. The van der Waals surface area contributed by atoms with Gasteiger partial charge in [0.05, 0.1) is 7.11 Å². The van der Waals surface area contributed by atoms with E-state index in [1.807, 2.05) is 6.07 Å². The Morgan fingerprint density at radius 1 is 1.22 bits per heavy atom. The van der Waals surface area contributed by atoms with Crippen LogP contribution < -0.4 is 5.32 Å². The third-order valence-corrected chi connectivity index (χ3v) is 3.76. The zero-order chi connectivity index (χ0) is 16.4. The van der Waals surface area contributed by atoms with E-state index in [-0.39, 0.29) is 35.1 Å². The van der Waals surface area contributed by atoms with E-state index in [2.05, 4.69) is 15.0 Å². The number of rotatable bonds is 4. The van der Waals surface area contributed by atoms with Crippen molar-refractivity contribution >= 4 is 11.9 Å². The molecule has 1 aliphatic rings. The first kappa shape index (κ1) is 15.1. The molecule has 23 heavy (non-hydrogen) atoms. The first-order valence-corrected chi connectivity index (χ1v) is 7.20. The van der Waals surface area contributed by atoms with Gasteiger partial charge in [0.15, 0.2) is 0 Å². The number of pyridine rings is 1. The first-order valence-electron chi connectivity index (χ1n) is 7.20. The molecule has 1 aromatic heterocycles. The fourth-order valence-electron chi connectivity index (χ4n) is 2.48. The van der Waals surface area contributed by atoms with Gasteiger partial charge < -0.3 is 10.1 Å². The molecular weight excluding hydrogens is 299 g/mol.